The molecule has 9 heteroatoms. The molecule has 1 aliphatic rings. The highest BCUT2D eigenvalue weighted by molar-refractivity contribution is 7.18. The molecule has 0 bridgehead atoms. The molecule has 0 spiro atoms. The van der Waals surface area contributed by atoms with Crippen LogP contribution in [0, 0.1) is 0 Å². The van der Waals surface area contributed by atoms with Crippen LogP contribution in [-0.4, -0.2) is 61.5 Å². The second-order valence-corrected chi connectivity index (χ2v) is 9.85. The molecule has 1 atom stereocenters. The van der Waals surface area contributed by atoms with Gasteiger partial charge in [0.05, 0.1) is 5.69 Å². The highest BCUT2D eigenvalue weighted by Gasteiger charge is 2.29. The van der Waals surface area contributed by atoms with Gasteiger partial charge >= 0.3 is 0 Å². The molecule has 8 nitrogen and oxygen atoms in total. The van der Waals surface area contributed by atoms with Gasteiger partial charge in [-0.25, -0.2) is 4.98 Å². The number of benzene rings is 2. The van der Waals surface area contributed by atoms with E-state index < -0.39 is 5.91 Å². The van der Waals surface area contributed by atoms with Gasteiger partial charge in [-0.05, 0) is 63.3 Å². The van der Waals surface area contributed by atoms with E-state index >= 15 is 0 Å². The van der Waals surface area contributed by atoms with Crippen molar-refractivity contribution in [3.8, 4) is 22.8 Å². The summed E-state index contributed by atoms with van der Waals surface area (Å²) in [5, 5.41) is 3.72. The maximum absolute atomic E-state index is 12.3. The molecule has 1 aliphatic heterocycles. The van der Waals surface area contributed by atoms with Crippen molar-refractivity contribution in [2.45, 2.75) is 18.9 Å². The molecule has 3 aromatic rings. The fraction of sp³-hybridized carbons (Fsp3) is 0.296. The van der Waals surface area contributed by atoms with Gasteiger partial charge in [-0.2, -0.15) is 0 Å². The van der Waals surface area contributed by atoms with Gasteiger partial charge in [0.25, 0.3) is 5.91 Å². The summed E-state index contributed by atoms with van der Waals surface area (Å²) in [6, 6.07) is 17.1. The Balaban J connectivity index is 1.47. The maximum Gasteiger partial charge on any atom is 0.261 e. The summed E-state index contributed by atoms with van der Waals surface area (Å²) in [7, 11) is 3.91. The van der Waals surface area contributed by atoms with Crippen molar-refractivity contribution in [1.29, 1.82) is 0 Å². The predicted molar refractivity (Wildman–Crippen MR) is 144 cm³/mol. The number of hydrogen-bond acceptors (Lipinski definition) is 7. The normalized spacial score (nSPS) is 15.5. The lowest BCUT2D eigenvalue weighted by molar-refractivity contribution is -0.116. The summed E-state index contributed by atoms with van der Waals surface area (Å²) in [5.41, 5.74) is 7.08. The van der Waals surface area contributed by atoms with E-state index in [0.717, 1.165) is 35.8 Å². The van der Waals surface area contributed by atoms with Gasteiger partial charge in [0, 0.05) is 37.3 Å². The van der Waals surface area contributed by atoms with E-state index in [1.165, 1.54) is 11.3 Å². The van der Waals surface area contributed by atoms with Crippen LogP contribution in [0.5, 0.6) is 11.5 Å². The number of amides is 2. The quantitative estimate of drug-likeness (QED) is 0.405. The van der Waals surface area contributed by atoms with Gasteiger partial charge in [0.2, 0.25) is 5.91 Å². The van der Waals surface area contributed by atoms with Crippen LogP contribution in [0.1, 0.15) is 22.5 Å². The fourth-order valence-corrected chi connectivity index (χ4v) is 5.09. The van der Waals surface area contributed by atoms with E-state index in [0.29, 0.717) is 29.4 Å². The maximum atomic E-state index is 12.3. The third kappa shape index (κ3) is 6.50. The number of nitrogens with one attached hydrogen (secondary N) is 1. The third-order valence-corrected chi connectivity index (χ3v) is 6.93. The second-order valence-electron chi connectivity index (χ2n) is 8.88. The highest BCUT2D eigenvalue weighted by atomic mass is 32.1. The Morgan fingerprint density at radius 1 is 1.17 bits per heavy atom. The van der Waals surface area contributed by atoms with Gasteiger partial charge in [0.1, 0.15) is 16.4 Å². The number of anilines is 1. The Morgan fingerprint density at radius 3 is 2.58 bits per heavy atom. The number of thiazole rings is 1. The van der Waals surface area contributed by atoms with Gasteiger partial charge < -0.3 is 25.6 Å². The SMILES string of the molecule is CN(C)C/C=C/C(=O)NC[C@@H]1CCCN1c1nc(-c2ccc(Oc3ccccc3)cc2)c(C(N)=O)s1. The van der Waals surface area contributed by atoms with Crippen LogP contribution in [-0.2, 0) is 4.79 Å². The van der Waals surface area contributed by atoms with Crippen LogP contribution in [0.3, 0.4) is 0 Å². The van der Waals surface area contributed by atoms with Crippen molar-refractivity contribution in [3.63, 3.8) is 0 Å². The highest BCUT2D eigenvalue weighted by Crippen LogP contribution is 2.36. The molecule has 2 aromatic carbocycles. The van der Waals surface area contributed by atoms with Gasteiger partial charge in [0.15, 0.2) is 5.13 Å². The summed E-state index contributed by atoms with van der Waals surface area (Å²) in [4.78, 5) is 33.8. The Labute approximate surface area is 215 Å². The van der Waals surface area contributed by atoms with Crippen molar-refractivity contribution in [3.05, 3.63) is 71.6 Å². The number of primary amides is 1. The third-order valence-electron chi connectivity index (χ3n) is 5.82. The molecule has 3 N–H and O–H groups in total. The van der Waals surface area contributed by atoms with Crippen LogP contribution in [0.4, 0.5) is 5.13 Å². The summed E-state index contributed by atoms with van der Waals surface area (Å²) < 4.78 is 5.87. The first-order valence-electron chi connectivity index (χ1n) is 11.9. The zero-order valence-electron chi connectivity index (χ0n) is 20.5. The van der Waals surface area contributed by atoms with Crippen molar-refractivity contribution in [2.24, 2.45) is 5.73 Å². The number of rotatable bonds is 10. The van der Waals surface area contributed by atoms with E-state index in [2.05, 4.69) is 10.2 Å². The lowest BCUT2D eigenvalue weighted by Gasteiger charge is -2.24. The van der Waals surface area contributed by atoms with Gasteiger partial charge in [-0.1, -0.05) is 35.6 Å². The molecule has 0 saturated carbocycles. The average molecular weight is 506 g/mol. The van der Waals surface area contributed by atoms with E-state index in [4.69, 9.17) is 15.5 Å². The van der Waals surface area contributed by atoms with Crippen molar-refractivity contribution < 1.29 is 14.3 Å². The number of hydrogen-bond donors (Lipinski definition) is 2. The lowest BCUT2D eigenvalue weighted by atomic mass is 10.1. The van der Waals surface area contributed by atoms with E-state index in [1.807, 2.05) is 79.7 Å². The predicted octanol–water partition coefficient (Wildman–Crippen LogP) is 3.90. The van der Waals surface area contributed by atoms with Gasteiger partial charge in [-0.3, -0.25) is 9.59 Å². The minimum absolute atomic E-state index is 0.109. The standard InChI is InChI=1S/C27H31N5O3S/c1-31(2)16-7-11-23(33)29-18-20-8-6-17-32(20)27-30-24(25(36-27)26(28)34)19-12-14-22(15-13-19)35-21-9-4-3-5-10-21/h3-5,7,9-15,20H,6,8,16-18H2,1-2H3,(H2,28,34)(H,29,33)/b11-7+/t20-/m0/s1. The number of likely N-dealkylation sites (N-methyl/N-ethyl adjacent to an activating group) is 1. The first kappa shape index (κ1) is 25.4. The summed E-state index contributed by atoms with van der Waals surface area (Å²) in [5.74, 6) is 0.822. The molecule has 4 rings (SSSR count). The van der Waals surface area contributed by atoms with E-state index in [-0.39, 0.29) is 11.9 Å². The van der Waals surface area contributed by atoms with Crippen molar-refractivity contribution in [1.82, 2.24) is 15.2 Å². The van der Waals surface area contributed by atoms with E-state index in [1.54, 1.807) is 6.08 Å². The first-order chi connectivity index (χ1) is 17.4. The Hall–Kier alpha value is -3.69. The molecule has 2 heterocycles. The van der Waals surface area contributed by atoms with Crippen LogP contribution >= 0.6 is 11.3 Å². The summed E-state index contributed by atoms with van der Waals surface area (Å²) in [6.07, 6.45) is 5.33. The Morgan fingerprint density at radius 2 is 1.89 bits per heavy atom. The number of nitrogens with zero attached hydrogens (tertiary/aromatic N) is 3. The summed E-state index contributed by atoms with van der Waals surface area (Å²) in [6.45, 7) is 2.03. The number of nitrogens with two attached hydrogens (primary N) is 1. The summed E-state index contributed by atoms with van der Waals surface area (Å²) >= 11 is 1.30. The van der Waals surface area contributed by atoms with Gasteiger partial charge in [-0.15, -0.1) is 0 Å². The molecular weight excluding hydrogens is 474 g/mol. The number of para-hydroxylation sites is 1. The first-order valence-corrected chi connectivity index (χ1v) is 12.7. The molecule has 36 heavy (non-hydrogen) atoms. The minimum Gasteiger partial charge on any atom is -0.457 e. The number of aromatic nitrogens is 1. The molecule has 1 fully saturated rings. The van der Waals surface area contributed by atoms with Crippen molar-refractivity contribution in [2.75, 3.05) is 38.6 Å². The molecule has 188 valence electrons. The lowest BCUT2D eigenvalue weighted by Crippen LogP contribution is -2.39. The molecule has 2 amide bonds. The van der Waals surface area contributed by atoms with Crippen LogP contribution in [0.15, 0.2) is 66.7 Å². The molecule has 0 unspecified atom stereocenters. The molecular formula is C27H31N5O3S. The Kier molecular flexibility index (Phi) is 8.35. The largest absolute Gasteiger partial charge is 0.457 e. The zero-order valence-corrected chi connectivity index (χ0v) is 21.3. The van der Waals surface area contributed by atoms with Crippen LogP contribution < -0.4 is 20.7 Å². The smallest absolute Gasteiger partial charge is 0.261 e. The van der Waals surface area contributed by atoms with E-state index in [9.17, 15) is 9.59 Å². The number of ether oxygens (including phenoxy) is 1. The average Bonchev–Trinajstić information content (AvgIpc) is 3.51. The topological polar surface area (TPSA) is 101 Å². The molecule has 0 radical (unpaired) electrons. The number of carbonyl (C=O) groups is 2. The van der Waals surface area contributed by atoms with Crippen LogP contribution in [0.25, 0.3) is 11.3 Å². The second kappa shape index (κ2) is 11.8. The fourth-order valence-electron chi connectivity index (χ4n) is 4.05. The Bertz CT molecular complexity index is 1210. The monoisotopic (exact) mass is 505 g/mol. The minimum atomic E-state index is -0.506. The molecule has 1 saturated heterocycles. The number of carbonyl (C=O) groups excluding carboxylic acids is 2. The molecule has 1 aromatic heterocycles. The van der Waals surface area contributed by atoms with Crippen LogP contribution in [0.2, 0.25) is 0 Å². The van der Waals surface area contributed by atoms with Crippen molar-refractivity contribution >= 4 is 28.3 Å². The zero-order chi connectivity index (χ0) is 25.5. The molecule has 0 aliphatic carbocycles.